The SMILES string of the molecule is COC(=O)C(O)C(O)c1cccc(NC(C)=O)c1. The number of hydrogen-bond donors (Lipinski definition) is 3. The molecule has 1 rings (SSSR count). The second-order valence-corrected chi connectivity index (χ2v) is 3.72. The van der Waals surface area contributed by atoms with Crippen LogP contribution in [-0.2, 0) is 14.3 Å². The number of carbonyl (C=O) groups excluding carboxylic acids is 2. The van der Waals surface area contributed by atoms with Gasteiger partial charge in [0.25, 0.3) is 0 Å². The summed E-state index contributed by atoms with van der Waals surface area (Å²) in [6.45, 7) is 1.35. The highest BCUT2D eigenvalue weighted by Crippen LogP contribution is 2.21. The van der Waals surface area contributed by atoms with Gasteiger partial charge in [0.1, 0.15) is 6.10 Å². The first-order valence-corrected chi connectivity index (χ1v) is 5.27. The van der Waals surface area contributed by atoms with Gasteiger partial charge >= 0.3 is 5.97 Å². The van der Waals surface area contributed by atoms with E-state index in [9.17, 15) is 19.8 Å². The second kappa shape index (κ2) is 6.13. The molecule has 98 valence electrons. The molecule has 0 saturated carbocycles. The first-order chi connectivity index (χ1) is 8.45. The van der Waals surface area contributed by atoms with E-state index in [4.69, 9.17) is 0 Å². The number of rotatable bonds is 4. The number of nitrogens with one attached hydrogen (secondary N) is 1. The summed E-state index contributed by atoms with van der Waals surface area (Å²) >= 11 is 0. The van der Waals surface area contributed by atoms with Gasteiger partial charge < -0.3 is 20.3 Å². The molecule has 0 aliphatic heterocycles. The topological polar surface area (TPSA) is 95.9 Å². The monoisotopic (exact) mass is 253 g/mol. The number of anilines is 1. The highest BCUT2D eigenvalue weighted by atomic mass is 16.5. The van der Waals surface area contributed by atoms with Gasteiger partial charge in [0.2, 0.25) is 5.91 Å². The van der Waals surface area contributed by atoms with E-state index in [1.807, 2.05) is 0 Å². The number of methoxy groups -OCH3 is 1. The van der Waals surface area contributed by atoms with E-state index in [-0.39, 0.29) is 5.91 Å². The van der Waals surface area contributed by atoms with Gasteiger partial charge in [0.15, 0.2) is 6.10 Å². The Labute approximate surface area is 104 Å². The van der Waals surface area contributed by atoms with Crippen molar-refractivity contribution in [2.75, 3.05) is 12.4 Å². The molecular formula is C12H15NO5. The Morgan fingerprint density at radius 1 is 1.33 bits per heavy atom. The molecule has 18 heavy (non-hydrogen) atoms. The molecule has 0 fully saturated rings. The fraction of sp³-hybridized carbons (Fsp3) is 0.333. The van der Waals surface area contributed by atoms with Crippen LogP contribution in [0.5, 0.6) is 0 Å². The van der Waals surface area contributed by atoms with E-state index in [2.05, 4.69) is 10.1 Å². The summed E-state index contributed by atoms with van der Waals surface area (Å²) in [6.07, 6.45) is -3.08. The molecule has 0 radical (unpaired) electrons. The molecule has 0 aliphatic rings. The lowest BCUT2D eigenvalue weighted by molar-refractivity contribution is -0.156. The second-order valence-electron chi connectivity index (χ2n) is 3.72. The fourth-order valence-corrected chi connectivity index (χ4v) is 1.44. The lowest BCUT2D eigenvalue weighted by Gasteiger charge is -2.16. The molecule has 6 nitrogen and oxygen atoms in total. The van der Waals surface area contributed by atoms with E-state index in [1.165, 1.54) is 19.1 Å². The number of carbonyl (C=O) groups is 2. The van der Waals surface area contributed by atoms with Crippen LogP contribution in [0.4, 0.5) is 5.69 Å². The first-order valence-electron chi connectivity index (χ1n) is 5.27. The van der Waals surface area contributed by atoms with Gasteiger partial charge in [0.05, 0.1) is 7.11 Å². The maximum Gasteiger partial charge on any atom is 0.337 e. The van der Waals surface area contributed by atoms with E-state index < -0.39 is 18.2 Å². The van der Waals surface area contributed by atoms with Crippen LogP contribution in [0.25, 0.3) is 0 Å². The Balaban J connectivity index is 2.88. The molecule has 3 N–H and O–H groups in total. The van der Waals surface area contributed by atoms with Crippen LogP contribution in [0.1, 0.15) is 18.6 Å². The highest BCUT2D eigenvalue weighted by Gasteiger charge is 2.26. The van der Waals surface area contributed by atoms with Crippen LogP contribution >= 0.6 is 0 Å². The van der Waals surface area contributed by atoms with Crippen molar-refractivity contribution in [2.45, 2.75) is 19.1 Å². The molecule has 0 aliphatic carbocycles. The van der Waals surface area contributed by atoms with Crippen molar-refractivity contribution in [1.29, 1.82) is 0 Å². The Kier molecular flexibility index (Phi) is 4.82. The summed E-state index contributed by atoms with van der Waals surface area (Å²) in [5.41, 5.74) is 0.773. The molecule has 0 spiro atoms. The molecule has 1 aromatic carbocycles. The summed E-state index contributed by atoms with van der Waals surface area (Å²) in [5, 5.41) is 21.8. The van der Waals surface area contributed by atoms with Crippen LogP contribution in [0, 0.1) is 0 Å². The van der Waals surface area contributed by atoms with Gasteiger partial charge in [-0.2, -0.15) is 0 Å². The lowest BCUT2D eigenvalue weighted by Crippen LogP contribution is -2.29. The fourth-order valence-electron chi connectivity index (χ4n) is 1.44. The molecule has 2 atom stereocenters. The maximum atomic E-state index is 11.1. The van der Waals surface area contributed by atoms with Crippen LogP contribution in [0.3, 0.4) is 0 Å². The zero-order chi connectivity index (χ0) is 13.7. The number of aliphatic hydroxyl groups excluding tert-OH is 2. The number of esters is 1. The smallest absolute Gasteiger partial charge is 0.337 e. The molecule has 0 aromatic heterocycles. The van der Waals surface area contributed by atoms with Crippen molar-refractivity contribution in [3.05, 3.63) is 29.8 Å². The van der Waals surface area contributed by atoms with Gasteiger partial charge in [-0.05, 0) is 17.7 Å². The van der Waals surface area contributed by atoms with Crippen molar-refractivity contribution >= 4 is 17.6 Å². The Hall–Kier alpha value is -1.92. The minimum atomic E-state index is -1.66. The zero-order valence-electron chi connectivity index (χ0n) is 10.1. The maximum absolute atomic E-state index is 11.1. The predicted molar refractivity (Wildman–Crippen MR) is 63.7 cm³/mol. The first kappa shape index (κ1) is 14.1. The van der Waals surface area contributed by atoms with Crippen LogP contribution < -0.4 is 5.32 Å². The molecule has 0 saturated heterocycles. The van der Waals surface area contributed by atoms with E-state index >= 15 is 0 Å². The number of hydrogen-bond acceptors (Lipinski definition) is 5. The number of amides is 1. The minimum Gasteiger partial charge on any atom is -0.467 e. The molecule has 6 heteroatoms. The third kappa shape index (κ3) is 3.54. The Morgan fingerprint density at radius 2 is 2.00 bits per heavy atom. The largest absolute Gasteiger partial charge is 0.467 e. The Bertz CT molecular complexity index is 446. The zero-order valence-corrected chi connectivity index (χ0v) is 10.1. The van der Waals surface area contributed by atoms with Gasteiger partial charge in [-0.1, -0.05) is 12.1 Å². The summed E-state index contributed by atoms with van der Waals surface area (Å²) < 4.78 is 4.33. The average molecular weight is 253 g/mol. The van der Waals surface area contributed by atoms with E-state index in [0.29, 0.717) is 11.3 Å². The summed E-state index contributed by atoms with van der Waals surface area (Å²) in [5.74, 6) is -1.18. The van der Waals surface area contributed by atoms with E-state index in [0.717, 1.165) is 7.11 Å². The number of benzene rings is 1. The van der Waals surface area contributed by atoms with Gasteiger partial charge in [0, 0.05) is 12.6 Å². The van der Waals surface area contributed by atoms with Crippen molar-refractivity contribution in [3.8, 4) is 0 Å². The lowest BCUT2D eigenvalue weighted by atomic mass is 10.0. The van der Waals surface area contributed by atoms with Crippen molar-refractivity contribution in [1.82, 2.24) is 0 Å². The molecule has 1 amide bonds. The normalized spacial score (nSPS) is 13.6. The van der Waals surface area contributed by atoms with Crippen LogP contribution in [0.15, 0.2) is 24.3 Å². The van der Waals surface area contributed by atoms with Crippen LogP contribution in [-0.4, -0.2) is 35.3 Å². The van der Waals surface area contributed by atoms with Gasteiger partial charge in [-0.3, -0.25) is 4.79 Å². The van der Waals surface area contributed by atoms with Crippen molar-refractivity contribution in [3.63, 3.8) is 0 Å². The molecule has 2 unspecified atom stereocenters. The third-order valence-electron chi connectivity index (χ3n) is 2.29. The quantitative estimate of drug-likeness (QED) is 0.667. The molecule has 0 bridgehead atoms. The van der Waals surface area contributed by atoms with Crippen molar-refractivity contribution in [2.24, 2.45) is 0 Å². The minimum absolute atomic E-state index is 0.254. The average Bonchev–Trinajstić information content (AvgIpc) is 2.35. The summed E-state index contributed by atoms with van der Waals surface area (Å²) in [7, 11) is 1.12. The number of ether oxygens (including phenoxy) is 1. The molecule has 1 aromatic rings. The molecule has 0 heterocycles. The van der Waals surface area contributed by atoms with E-state index in [1.54, 1.807) is 12.1 Å². The number of aliphatic hydroxyl groups is 2. The summed E-state index contributed by atoms with van der Waals surface area (Å²) in [6, 6.07) is 6.22. The van der Waals surface area contributed by atoms with Crippen LogP contribution in [0.2, 0.25) is 0 Å². The third-order valence-corrected chi connectivity index (χ3v) is 2.29. The summed E-state index contributed by atoms with van der Waals surface area (Å²) in [4.78, 5) is 22.0. The van der Waals surface area contributed by atoms with Gasteiger partial charge in [-0.15, -0.1) is 0 Å². The highest BCUT2D eigenvalue weighted by molar-refractivity contribution is 5.88. The standard InChI is InChI=1S/C12H15NO5/c1-7(14)13-9-5-3-4-8(6-9)10(15)11(16)12(17)18-2/h3-6,10-11,15-16H,1-2H3,(H,13,14). The van der Waals surface area contributed by atoms with Gasteiger partial charge in [-0.25, -0.2) is 4.79 Å². The van der Waals surface area contributed by atoms with Crippen molar-refractivity contribution < 1.29 is 24.5 Å². The predicted octanol–water partition coefficient (Wildman–Crippen LogP) is 0.212. The Morgan fingerprint density at radius 3 is 2.56 bits per heavy atom. The molecular weight excluding hydrogens is 238 g/mol.